The molecule has 1 heterocycles. The van der Waals surface area contributed by atoms with Crippen molar-refractivity contribution in [2.45, 2.75) is 23.4 Å². The highest BCUT2D eigenvalue weighted by Gasteiger charge is 2.29. The van der Waals surface area contributed by atoms with Crippen LogP contribution in [0.1, 0.15) is 18.8 Å². The number of nitrogens with zero attached hydrogens (tertiary/aromatic N) is 3. The third-order valence-corrected chi connectivity index (χ3v) is 6.20. The topological polar surface area (TPSA) is 67.2 Å². The van der Waals surface area contributed by atoms with Gasteiger partial charge in [-0.25, -0.2) is 14.2 Å². The van der Waals surface area contributed by atoms with Gasteiger partial charge in [0.1, 0.15) is 11.6 Å². The lowest BCUT2D eigenvalue weighted by Crippen LogP contribution is -2.37. The SMILES string of the molecule is CC(c1nc2ccccc2c(=O)n1-c1ccc(F)cc1)N(C)C(=O)Nc1cccc(SC(F)(F)F)c1. The fourth-order valence-corrected chi connectivity index (χ4v) is 4.20. The smallest absolute Gasteiger partial charge is 0.318 e. The molecule has 36 heavy (non-hydrogen) atoms. The minimum atomic E-state index is -4.46. The summed E-state index contributed by atoms with van der Waals surface area (Å²) in [7, 11) is 1.48. The van der Waals surface area contributed by atoms with Gasteiger partial charge >= 0.3 is 11.5 Å². The Hall–Kier alpha value is -3.86. The Kier molecular flexibility index (Phi) is 7.02. The summed E-state index contributed by atoms with van der Waals surface area (Å²) in [6.45, 7) is 1.66. The number of carbonyl (C=O) groups excluding carboxylic acids is 1. The second-order valence-corrected chi connectivity index (χ2v) is 9.04. The number of benzene rings is 3. The van der Waals surface area contributed by atoms with Crippen molar-refractivity contribution >= 4 is 34.4 Å². The molecule has 2 amide bonds. The minimum absolute atomic E-state index is 0.0719. The number of thioether (sulfide) groups is 1. The summed E-state index contributed by atoms with van der Waals surface area (Å²) in [5, 5.41) is 2.93. The molecular formula is C25H20F4N4O2S. The molecule has 0 saturated carbocycles. The second kappa shape index (κ2) is 10.0. The van der Waals surface area contributed by atoms with Gasteiger partial charge in [-0.3, -0.25) is 9.36 Å². The standard InChI is InChI=1S/C25H20F4N4O2S/c1-15(32(2)24(35)30-17-6-5-7-19(14-17)36-25(27,28)29)22-31-21-9-4-3-8-20(21)23(34)33(22)18-12-10-16(26)11-13-18/h3-15H,1-2H3,(H,30,35). The lowest BCUT2D eigenvalue weighted by atomic mass is 10.2. The van der Waals surface area contributed by atoms with Gasteiger partial charge in [-0.15, -0.1) is 0 Å². The van der Waals surface area contributed by atoms with E-state index in [1.807, 2.05) is 0 Å². The first-order chi connectivity index (χ1) is 17.0. The van der Waals surface area contributed by atoms with Crippen LogP contribution in [0.15, 0.2) is 82.5 Å². The highest BCUT2D eigenvalue weighted by molar-refractivity contribution is 8.00. The Morgan fingerprint density at radius 3 is 2.44 bits per heavy atom. The van der Waals surface area contributed by atoms with Crippen molar-refractivity contribution in [2.24, 2.45) is 0 Å². The van der Waals surface area contributed by atoms with Gasteiger partial charge < -0.3 is 10.2 Å². The Bertz CT molecular complexity index is 1470. The van der Waals surface area contributed by atoms with E-state index in [4.69, 9.17) is 0 Å². The maximum absolute atomic E-state index is 13.5. The summed E-state index contributed by atoms with van der Waals surface area (Å²) in [5.74, 6) is -0.248. The average Bonchev–Trinajstić information content (AvgIpc) is 2.83. The van der Waals surface area contributed by atoms with E-state index in [-0.39, 0.29) is 33.7 Å². The summed E-state index contributed by atoms with van der Waals surface area (Å²) in [5.41, 5.74) is -3.88. The van der Waals surface area contributed by atoms with Crippen LogP contribution in [0.2, 0.25) is 0 Å². The van der Waals surface area contributed by atoms with Crippen LogP contribution in [0.5, 0.6) is 0 Å². The number of halogens is 4. The van der Waals surface area contributed by atoms with E-state index in [9.17, 15) is 27.2 Å². The molecule has 0 fully saturated rings. The highest BCUT2D eigenvalue weighted by Crippen LogP contribution is 2.37. The van der Waals surface area contributed by atoms with E-state index in [0.717, 1.165) is 0 Å². The first-order valence-electron chi connectivity index (χ1n) is 10.7. The fourth-order valence-electron chi connectivity index (χ4n) is 3.60. The van der Waals surface area contributed by atoms with Crippen molar-refractivity contribution in [3.63, 3.8) is 0 Å². The summed E-state index contributed by atoms with van der Waals surface area (Å²) < 4.78 is 53.0. The van der Waals surface area contributed by atoms with Gasteiger partial charge in [0.15, 0.2) is 0 Å². The number of carbonyl (C=O) groups is 1. The Morgan fingerprint density at radius 1 is 1.06 bits per heavy atom. The molecule has 1 N–H and O–H groups in total. The first-order valence-corrected chi connectivity index (χ1v) is 11.5. The molecular weight excluding hydrogens is 496 g/mol. The molecule has 3 aromatic carbocycles. The molecule has 11 heteroatoms. The molecule has 1 atom stereocenters. The monoisotopic (exact) mass is 516 g/mol. The van der Waals surface area contributed by atoms with Crippen LogP contribution in [0.25, 0.3) is 16.6 Å². The van der Waals surface area contributed by atoms with Crippen LogP contribution in [0.4, 0.5) is 28.0 Å². The quantitative estimate of drug-likeness (QED) is 0.248. The number of nitrogens with one attached hydrogen (secondary N) is 1. The zero-order valence-corrected chi connectivity index (χ0v) is 19.9. The number of alkyl halides is 3. The number of aromatic nitrogens is 2. The van der Waals surface area contributed by atoms with Gasteiger partial charge in [0.05, 0.1) is 22.6 Å². The number of urea groups is 1. The zero-order valence-electron chi connectivity index (χ0n) is 19.1. The van der Waals surface area contributed by atoms with Crippen LogP contribution in [-0.4, -0.2) is 33.0 Å². The van der Waals surface area contributed by atoms with Crippen LogP contribution in [0.3, 0.4) is 0 Å². The maximum Gasteiger partial charge on any atom is 0.446 e. The zero-order chi connectivity index (χ0) is 26.0. The van der Waals surface area contributed by atoms with E-state index in [0.29, 0.717) is 16.6 Å². The van der Waals surface area contributed by atoms with Gasteiger partial charge in [-0.05, 0) is 73.3 Å². The predicted molar refractivity (Wildman–Crippen MR) is 131 cm³/mol. The van der Waals surface area contributed by atoms with E-state index in [2.05, 4.69) is 10.3 Å². The van der Waals surface area contributed by atoms with Gasteiger partial charge in [0, 0.05) is 17.6 Å². The number of amides is 2. The molecule has 4 rings (SSSR count). The largest absolute Gasteiger partial charge is 0.446 e. The molecule has 6 nitrogen and oxygen atoms in total. The van der Waals surface area contributed by atoms with Crippen molar-refractivity contribution in [1.82, 2.24) is 14.5 Å². The third kappa shape index (κ3) is 5.51. The lowest BCUT2D eigenvalue weighted by molar-refractivity contribution is -0.0328. The second-order valence-electron chi connectivity index (χ2n) is 7.90. The number of anilines is 1. The summed E-state index contributed by atoms with van der Waals surface area (Å²) in [6.07, 6.45) is 0. The minimum Gasteiger partial charge on any atom is -0.318 e. The van der Waals surface area contributed by atoms with E-state index < -0.39 is 23.4 Å². The molecule has 0 aliphatic carbocycles. The van der Waals surface area contributed by atoms with Crippen LogP contribution < -0.4 is 10.9 Å². The number of hydrogen-bond acceptors (Lipinski definition) is 4. The van der Waals surface area contributed by atoms with Gasteiger partial charge in [-0.2, -0.15) is 13.2 Å². The van der Waals surface area contributed by atoms with Crippen LogP contribution >= 0.6 is 11.8 Å². The molecule has 0 spiro atoms. The molecule has 0 aliphatic heterocycles. The van der Waals surface area contributed by atoms with Gasteiger partial charge in [0.2, 0.25) is 0 Å². The normalized spacial score (nSPS) is 12.4. The maximum atomic E-state index is 13.5. The van der Waals surface area contributed by atoms with Gasteiger partial charge in [-0.1, -0.05) is 18.2 Å². The molecule has 1 unspecified atom stereocenters. The van der Waals surface area contributed by atoms with Crippen molar-refractivity contribution in [3.8, 4) is 5.69 Å². The highest BCUT2D eigenvalue weighted by atomic mass is 32.2. The van der Waals surface area contributed by atoms with Crippen molar-refractivity contribution in [2.75, 3.05) is 12.4 Å². The molecule has 0 radical (unpaired) electrons. The molecule has 4 aromatic rings. The summed E-state index contributed by atoms with van der Waals surface area (Å²) in [4.78, 5) is 32.2. The molecule has 0 saturated heterocycles. The van der Waals surface area contributed by atoms with Crippen LogP contribution in [-0.2, 0) is 0 Å². The number of hydrogen-bond donors (Lipinski definition) is 1. The van der Waals surface area contributed by atoms with E-state index in [1.165, 1.54) is 65.0 Å². The fraction of sp³-hybridized carbons (Fsp3) is 0.160. The Morgan fingerprint density at radius 2 is 1.75 bits per heavy atom. The van der Waals surface area contributed by atoms with E-state index in [1.54, 1.807) is 31.2 Å². The molecule has 0 bridgehead atoms. The van der Waals surface area contributed by atoms with Crippen molar-refractivity contribution in [1.29, 1.82) is 0 Å². The molecule has 1 aromatic heterocycles. The number of fused-ring (bicyclic) bond motifs is 1. The third-order valence-electron chi connectivity index (χ3n) is 5.48. The van der Waals surface area contributed by atoms with Crippen LogP contribution in [0, 0.1) is 5.82 Å². The van der Waals surface area contributed by atoms with Crippen molar-refractivity contribution < 1.29 is 22.4 Å². The Balaban J connectivity index is 1.69. The summed E-state index contributed by atoms with van der Waals surface area (Å²) in [6, 6.07) is 16.1. The number of rotatable bonds is 5. The van der Waals surface area contributed by atoms with Gasteiger partial charge in [0.25, 0.3) is 5.56 Å². The Labute approximate surface area is 207 Å². The predicted octanol–water partition coefficient (Wildman–Crippen LogP) is 6.36. The number of para-hydroxylation sites is 1. The molecule has 0 aliphatic rings. The molecule has 186 valence electrons. The van der Waals surface area contributed by atoms with Crippen molar-refractivity contribution in [3.05, 3.63) is 94.8 Å². The summed E-state index contributed by atoms with van der Waals surface area (Å²) >= 11 is -0.283. The lowest BCUT2D eigenvalue weighted by Gasteiger charge is -2.27. The average molecular weight is 517 g/mol. The first kappa shape index (κ1) is 25.2. The van der Waals surface area contributed by atoms with E-state index >= 15 is 0 Å².